The molecule has 1 N–H and O–H groups in total. The van der Waals surface area contributed by atoms with Gasteiger partial charge < -0.3 is 5.32 Å². The lowest BCUT2D eigenvalue weighted by Crippen LogP contribution is -2.11. The van der Waals surface area contributed by atoms with Crippen LogP contribution in [0.25, 0.3) is 0 Å². The molecule has 2 aromatic rings. The molecular weight excluding hydrogens is 297 g/mol. The van der Waals surface area contributed by atoms with Crippen LogP contribution in [0.4, 0.5) is 10.1 Å². The highest BCUT2D eigenvalue weighted by molar-refractivity contribution is 9.10. The molecule has 0 unspecified atom stereocenters. The first-order valence-electron chi connectivity index (χ1n) is 5.39. The number of hydrogen-bond donors (Lipinski definition) is 1. The van der Waals surface area contributed by atoms with Crippen molar-refractivity contribution in [2.75, 3.05) is 5.32 Å². The van der Waals surface area contributed by atoms with Gasteiger partial charge in [-0.05, 0) is 55.0 Å². The Bertz CT molecular complexity index is 561. The van der Waals surface area contributed by atoms with Gasteiger partial charge in [0.25, 0.3) is 5.91 Å². The van der Waals surface area contributed by atoms with Gasteiger partial charge in [-0.2, -0.15) is 0 Å². The molecule has 92 valence electrons. The minimum absolute atomic E-state index is 0.257. The summed E-state index contributed by atoms with van der Waals surface area (Å²) >= 11 is 3.37. The third kappa shape index (κ3) is 3.17. The molecule has 1 amide bonds. The highest BCUT2D eigenvalue weighted by Crippen LogP contribution is 2.19. The van der Waals surface area contributed by atoms with Crippen LogP contribution in [-0.4, -0.2) is 5.91 Å². The molecule has 0 atom stereocenters. The molecule has 2 aromatic carbocycles. The van der Waals surface area contributed by atoms with Gasteiger partial charge in [0, 0.05) is 15.7 Å². The summed E-state index contributed by atoms with van der Waals surface area (Å²) < 4.78 is 13.6. The zero-order chi connectivity index (χ0) is 13.1. The van der Waals surface area contributed by atoms with E-state index in [4.69, 9.17) is 0 Å². The molecule has 0 bridgehead atoms. The third-order valence-electron chi connectivity index (χ3n) is 2.41. The molecule has 2 rings (SSSR count). The minimum atomic E-state index is -0.357. The third-order valence-corrected chi connectivity index (χ3v) is 2.86. The van der Waals surface area contributed by atoms with Gasteiger partial charge in [0.2, 0.25) is 0 Å². The van der Waals surface area contributed by atoms with Gasteiger partial charge in [-0.15, -0.1) is 0 Å². The van der Waals surface area contributed by atoms with Crippen molar-refractivity contribution >= 4 is 27.5 Å². The number of halogens is 2. The lowest BCUT2D eigenvalue weighted by molar-refractivity contribution is 0.102. The van der Waals surface area contributed by atoms with Crippen molar-refractivity contribution in [1.82, 2.24) is 0 Å². The Labute approximate surface area is 113 Å². The molecule has 2 nitrogen and oxygen atoms in total. The van der Waals surface area contributed by atoms with Crippen LogP contribution < -0.4 is 5.32 Å². The van der Waals surface area contributed by atoms with Gasteiger partial charge in [-0.1, -0.05) is 15.9 Å². The number of nitrogens with one attached hydrogen (secondary N) is 1. The number of amides is 1. The lowest BCUT2D eigenvalue weighted by atomic mass is 10.2. The van der Waals surface area contributed by atoms with Crippen molar-refractivity contribution in [3.05, 3.63) is 63.9 Å². The van der Waals surface area contributed by atoms with Gasteiger partial charge in [0.15, 0.2) is 0 Å². The van der Waals surface area contributed by atoms with Crippen LogP contribution in [0.1, 0.15) is 15.9 Å². The van der Waals surface area contributed by atoms with E-state index in [1.807, 2.05) is 25.1 Å². The van der Waals surface area contributed by atoms with Crippen LogP contribution in [0.15, 0.2) is 46.9 Å². The molecule has 0 aromatic heterocycles. The molecule has 0 fully saturated rings. The first kappa shape index (κ1) is 12.8. The lowest BCUT2D eigenvalue weighted by Gasteiger charge is -2.07. The Morgan fingerprint density at radius 3 is 2.44 bits per heavy atom. The van der Waals surface area contributed by atoms with Crippen molar-refractivity contribution < 1.29 is 9.18 Å². The molecule has 0 radical (unpaired) electrons. The molecule has 0 heterocycles. The zero-order valence-electron chi connectivity index (χ0n) is 9.71. The summed E-state index contributed by atoms with van der Waals surface area (Å²) in [4.78, 5) is 11.9. The van der Waals surface area contributed by atoms with Gasteiger partial charge in [-0.3, -0.25) is 4.79 Å². The zero-order valence-corrected chi connectivity index (χ0v) is 11.3. The van der Waals surface area contributed by atoms with Crippen LogP contribution >= 0.6 is 15.9 Å². The molecule has 0 spiro atoms. The van der Waals surface area contributed by atoms with E-state index in [-0.39, 0.29) is 11.7 Å². The van der Waals surface area contributed by atoms with Crippen LogP contribution in [0.2, 0.25) is 0 Å². The molecule has 0 saturated carbocycles. The summed E-state index contributed by atoms with van der Waals surface area (Å²) in [7, 11) is 0. The molecule has 0 aliphatic heterocycles. The predicted molar refractivity (Wildman–Crippen MR) is 73.2 cm³/mol. The van der Waals surface area contributed by atoms with E-state index in [1.165, 1.54) is 24.3 Å². The van der Waals surface area contributed by atoms with Crippen molar-refractivity contribution in [3.8, 4) is 0 Å². The monoisotopic (exact) mass is 307 g/mol. The number of rotatable bonds is 2. The Hall–Kier alpha value is -1.68. The Balaban J connectivity index is 2.18. The predicted octanol–water partition coefficient (Wildman–Crippen LogP) is 4.15. The maximum atomic E-state index is 12.7. The standard InChI is InChI=1S/C14H11BrFNO/c1-9-6-11(15)8-13(7-9)17-14(18)10-2-4-12(16)5-3-10/h2-8H,1H3,(H,17,18). The van der Waals surface area contributed by atoms with Crippen LogP contribution in [0.3, 0.4) is 0 Å². The summed E-state index contributed by atoms with van der Waals surface area (Å²) in [5, 5.41) is 2.77. The molecule has 0 aliphatic carbocycles. The molecule has 18 heavy (non-hydrogen) atoms. The number of carbonyl (C=O) groups is 1. The highest BCUT2D eigenvalue weighted by atomic mass is 79.9. The summed E-state index contributed by atoms with van der Waals surface area (Å²) in [6, 6.07) is 11.1. The van der Waals surface area contributed by atoms with E-state index in [9.17, 15) is 9.18 Å². The first-order chi connectivity index (χ1) is 8.54. The first-order valence-corrected chi connectivity index (χ1v) is 6.18. The van der Waals surface area contributed by atoms with Gasteiger partial charge in [0.1, 0.15) is 5.82 Å². The summed E-state index contributed by atoms with van der Waals surface area (Å²) in [5.41, 5.74) is 2.17. The second-order valence-electron chi connectivity index (χ2n) is 3.98. The van der Waals surface area contributed by atoms with E-state index in [0.29, 0.717) is 11.3 Å². The fourth-order valence-electron chi connectivity index (χ4n) is 1.61. The average molecular weight is 308 g/mol. The second kappa shape index (κ2) is 5.31. The molecule has 0 aliphatic rings. The quantitative estimate of drug-likeness (QED) is 0.887. The summed E-state index contributed by atoms with van der Waals surface area (Å²) in [6.45, 7) is 1.94. The smallest absolute Gasteiger partial charge is 0.255 e. The van der Waals surface area contributed by atoms with Crippen LogP contribution in [0, 0.1) is 12.7 Å². The van der Waals surface area contributed by atoms with E-state index in [2.05, 4.69) is 21.2 Å². The molecule has 0 saturated heterocycles. The maximum Gasteiger partial charge on any atom is 0.255 e. The van der Waals surface area contributed by atoms with E-state index >= 15 is 0 Å². The summed E-state index contributed by atoms with van der Waals surface area (Å²) in [5.74, 6) is -0.614. The average Bonchev–Trinajstić information content (AvgIpc) is 2.28. The Morgan fingerprint density at radius 2 is 1.83 bits per heavy atom. The fraction of sp³-hybridized carbons (Fsp3) is 0.0714. The van der Waals surface area contributed by atoms with Crippen molar-refractivity contribution in [2.24, 2.45) is 0 Å². The SMILES string of the molecule is Cc1cc(Br)cc(NC(=O)c2ccc(F)cc2)c1. The van der Waals surface area contributed by atoms with E-state index in [1.54, 1.807) is 0 Å². The number of benzene rings is 2. The Kier molecular flexibility index (Phi) is 3.77. The van der Waals surface area contributed by atoms with Crippen LogP contribution in [-0.2, 0) is 0 Å². The molecule has 4 heteroatoms. The highest BCUT2D eigenvalue weighted by Gasteiger charge is 2.06. The van der Waals surface area contributed by atoms with Crippen LogP contribution in [0.5, 0.6) is 0 Å². The number of hydrogen-bond acceptors (Lipinski definition) is 1. The van der Waals surface area contributed by atoms with Gasteiger partial charge in [-0.25, -0.2) is 4.39 Å². The topological polar surface area (TPSA) is 29.1 Å². The van der Waals surface area contributed by atoms with Crippen molar-refractivity contribution in [3.63, 3.8) is 0 Å². The van der Waals surface area contributed by atoms with Crippen molar-refractivity contribution in [2.45, 2.75) is 6.92 Å². The van der Waals surface area contributed by atoms with Gasteiger partial charge >= 0.3 is 0 Å². The fourth-order valence-corrected chi connectivity index (χ4v) is 2.22. The maximum absolute atomic E-state index is 12.7. The number of anilines is 1. The second-order valence-corrected chi connectivity index (χ2v) is 4.89. The normalized spacial score (nSPS) is 10.2. The van der Waals surface area contributed by atoms with E-state index in [0.717, 1.165) is 10.0 Å². The van der Waals surface area contributed by atoms with Crippen molar-refractivity contribution in [1.29, 1.82) is 0 Å². The Morgan fingerprint density at radius 1 is 1.17 bits per heavy atom. The number of carbonyl (C=O) groups excluding carboxylic acids is 1. The molecular formula is C14H11BrFNO. The summed E-state index contributed by atoms with van der Waals surface area (Å²) in [6.07, 6.45) is 0. The van der Waals surface area contributed by atoms with Gasteiger partial charge in [0.05, 0.1) is 0 Å². The van der Waals surface area contributed by atoms with E-state index < -0.39 is 0 Å². The largest absolute Gasteiger partial charge is 0.322 e. The minimum Gasteiger partial charge on any atom is -0.322 e. The number of aryl methyl sites for hydroxylation is 1.